The second-order valence-electron chi connectivity index (χ2n) is 6.04. The van der Waals surface area contributed by atoms with Crippen LogP contribution in [-0.4, -0.2) is 19.0 Å². The molecule has 1 aliphatic rings. The monoisotopic (exact) mass is 278 g/mol. The molecule has 0 aromatic heterocycles. The summed E-state index contributed by atoms with van der Waals surface area (Å²) in [7, 11) is 0. The summed E-state index contributed by atoms with van der Waals surface area (Å²) < 4.78 is 13.5. The molecular formula is C16H23FN2O. The maximum absolute atomic E-state index is 13.5. The molecule has 20 heavy (non-hydrogen) atoms. The van der Waals surface area contributed by atoms with E-state index in [1.807, 2.05) is 13.8 Å². The fourth-order valence-corrected chi connectivity index (χ4v) is 2.70. The number of carbonyl (C=O) groups is 1. The van der Waals surface area contributed by atoms with Crippen molar-refractivity contribution in [2.75, 3.05) is 13.1 Å². The highest BCUT2D eigenvalue weighted by Crippen LogP contribution is 2.32. The molecule has 1 fully saturated rings. The number of rotatable bonds is 4. The average molecular weight is 278 g/mol. The van der Waals surface area contributed by atoms with E-state index in [-0.39, 0.29) is 18.3 Å². The number of nitrogens with one attached hydrogen (secondary N) is 2. The van der Waals surface area contributed by atoms with Gasteiger partial charge in [-0.05, 0) is 37.9 Å². The van der Waals surface area contributed by atoms with Gasteiger partial charge in [0.25, 0.3) is 0 Å². The molecular weight excluding hydrogens is 255 g/mol. The van der Waals surface area contributed by atoms with Crippen molar-refractivity contribution in [3.8, 4) is 0 Å². The van der Waals surface area contributed by atoms with Gasteiger partial charge in [0, 0.05) is 17.5 Å². The van der Waals surface area contributed by atoms with E-state index in [2.05, 4.69) is 10.6 Å². The molecule has 0 saturated carbocycles. The Morgan fingerprint density at radius 3 is 2.85 bits per heavy atom. The molecule has 1 unspecified atom stereocenters. The van der Waals surface area contributed by atoms with Gasteiger partial charge in [-0.3, -0.25) is 4.79 Å². The predicted molar refractivity (Wildman–Crippen MR) is 77.6 cm³/mol. The van der Waals surface area contributed by atoms with Crippen LogP contribution in [0.5, 0.6) is 0 Å². The number of benzene rings is 1. The molecule has 0 aliphatic carbocycles. The standard InChI is InChI=1S/C16H23FN2O/c1-16(2,13-7-5-9-18-11-13)15(20)19-10-12-6-3-4-8-14(12)17/h3-4,6,8,13,18H,5,7,9-11H2,1-2H3,(H,19,20). The van der Waals surface area contributed by atoms with Gasteiger partial charge in [0.15, 0.2) is 0 Å². The van der Waals surface area contributed by atoms with Crippen LogP contribution in [0.25, 0.3) is 0 Å². The Balaban J connectivity index is 1.95. The summed E-state index contributed by atoms with van der Waals surface area (Å²) in [5, 5.41) is 6.21. The quantitative estimate of drug-likeness (QED) is 0.888. The van der Waals surface area contributed by atoms with Crippen molar-refractivity contribution in [1.29, 1.82) is 0 Å². The smallest absolute Gasteiger partial charge is 0.226 e. The molecule has 1 atom stereocenters. The molecule has 2 rings (SSSR count). The van der Waals surface area contributed by atoms with E-state index in [4.69, 9.17) is 0 Å². The summed E-state index contributed by atoms with van der Waals surface area (Å²) in [6.07, 6.45) is 2.17. The fourth-order valence-electron chi connectivity index (χ4n) is 2.70. The van der Waals surface area contributed by atoms with Crippen LogP contribution in [0.15, 0.2) is 24.3 Å². The second-order valence-corrected chi connectivity index (χ2v) is 6.04. The molecule has 1 aromatic carbocycles. The molecule has 1 aromatic rings. The molecule has 1 amide bonds. The number of amides is 1. The largest absolute Gasteiger partial charge is 0.351 e. The van der Waals surface area contributed by atoms with Gasteiger partial charge in [0.05, 0.1) is 0 Å². The van der Waals surface area contributed by atoms with Crippen molar-refractivity contribution in [1.82, 2.24) is 10.6 Å². The Bertz CT molecular complexity index is 467. The average Bonchev–Trinajstić information content (AvgIpc) is 2.47. The zero-order chi connectivity index (χ0) is 14.6. The number of piperidine rings is 1. The van der Waals surface area contributed by atoms with E-state index < -0.39 is 5.41 Å². The van der Waals surface area contributed by atoms with Gasteiger partial charge in [-0.15, -0.1) is 0 Å². The molecule has 2 N–H and O–H groups in total. The lowest BCUT2D eigenvalue weighted by atomic mass is 9.74. The summed E-state index contributed by atoms with van der Waals surface area (Å²) >= 11 is 0. The van der Waals surface area contributed by atoms with Crippen molar-refractivity contribution >= 4 is 5.91 Å². The lowest BCUT2D eigenvalue weighted by Crippen LogP contribution is -2.47. The van der Waals surface area contributed by atoms with Crippen molar-refractivity contribution in [3.05, 3.63) is 35.6 Å². The van der Waals surface area contributed by atoms with Crippen LogP contribution in [0.2, 0.25) is 0 Å². The van der Waals surface area contributed by atoms with E-state index >= 15 is 0 Å². The van der Waals surface area contributed by atoms with Crippen LogP contribution in [-0.2, 0) is 11.3 Å². The number of halogens is 1. The zero-order valence-electron chi connectivity index (χ0n) is 12.2. The third-order valence-corrected chi connectivity index (χ3v) is 4.30. The predicted octanol–water partition coefficient (Wildman–Crippen LogP) is 2.47. The van der Waals surface area contributed by atoms with E-state index in [9.17, 15) is 9.18 Å². The van der Waals surface area contributed by atoms with Gasteiger partial charge in [-0.2, -0.15) is 0 Å². The lowest BCUT2D eigenvalue weighted by molar-refractivity contribution is -0.132. The first kappa shape index (κ1) is 15.0. The molecule has 0 bridgehead atoms. The van der Waals surface area contributed by atoms with Gasteiger partial charge in [0.2, 0.25) is 5.91 Å². The first-order valence-electron chi connectivity index (χ1n) is 7.24. The summed E-state index contributed by atoms with van der Waals surface area (Å²) in [6, 6.07) is 6.54. The number of carbonyl (C=O) groups excluding carboxylic acids is 1. The van der Waals surface area contributed by atoms with Gasteiger partial charge in [-0.25, -0.2) is 4.39 Å². The highest BCUT2D eigenvalue weighted by Gasteiger charge is 2.37. The van der Waals surface area contributed by atoms with Gasteiger partial charge >= 0.3 is 0 Å². The van der Waals surface area contributed by atoms with E-state index in [0.717, 1.165) is 25.9 Å². The Morgan fingerprint density at radius 2 is 2.20 bits per heavy atom. The number of hydrogen-bond donors (Lipinski definition) is 2. The minimum absolute atomic E-state index is 0.00514. The van der Waals surface area contributed by atoms with Gasteiger partial charge in [-0.1, -0.05) is 32.0 Å². The summed E-state index contributed by atoms with van der Waals surface area (Å²) in [6.45, 7) is 6.10. The summed E-state index contributed by atoms with van der Waals surface area (Å²) in [5.74, 6) is 0.0521. The van der Waals surface area contributed by atoms with Crippen molar-refractivity contribution in [3.63, 3.8) is 0 Å². The molecule has 0 spiro atoms. The van der Waals surface area contributed by atoms with Gasteiger partial charge in [0.1, 0.15) is 5.82 Å². The normalized spacial score (nSPS) is 19.6. The lowest BCUT2D eigenvalue weighted by Gasteiger charge is -2.36. The third kappa shape index (κ3) is 3.37. The van der Waals surface area contributed by atoms with Crippen LogP contribution in [0.1, 0.15) is 32.3 Å². The Hall–Kier alpha value is -1.42. The maximum Gasteiger partial charge on any atom is 0.226 e. The topological polar surface area (TPSA) is 41.1 Å². The summed E-state index contributed by atoms with van der Waals surface area (Å²) in [4.78, 5) is 12.4. The van der Waals surface area contributed by atoms with E-state index in [0.29, 0.717) is 11.5 Å². The minimum atomic E-state index is -0.432. The molecule has 0 radical (unpaired) electrons. The Labute approximate surface area is 120 Å². The van der Waals surface area contributed by atoms with Crippen LogP contribution in [0.4, 0.5) is 4.39 Å². The van der Waals surface area contributed by atoms with Crippen LogP contribution in [0, 0.1) is 17.2 Å². The molecule has 1 heterocycles. The first-order valence-corrected chi connectivity index (χ1v) is 7.24. The van der Waals surface area contributed by atoms with Crippen LogP contribution in [0.3, 0.4) is 0 Å². The molecule has 1 aliphatic heterocycles. The van der Waals surface area contributed by atoms with E-state index in [1.54, 1.807) is 18.2 Å². The number of hydrogen-bond acceptors (Lipinski definition) is 2. The SMILES string of the molecule is CC(C)(C(=O)NCc1ccccc1F)C1CCCNC1. The van der Waals surface area contributed by atoms with Crippen molar-refractivity contribution in [2.45, 2.75) is 33.2 Å². The molecule has 4 heteroatoms. The molecule has 110 valence electrons. The highest BCUT2D eigenvalue weighted by atomic mass is 19.1. The molecule has 3 nitrogen and oxygen atoms in total. The second kappa shape index (κ2) is 6.35. The maximum atomic E-state index is 13.5. The van der Waals surface area contributed by atoms with Crippen molar-refractivity contribution in [2.24, 2.45) is 11.3 Å². The van der Waals surface area contributed by atoms with Crippen LogP contribution >= 0.6 is 0 Å². The summed E-state index contributed by atoms with van der Waals surface area (Å²) in [5.41, 5.74) is 0.0944. The third-order valence-electron chi connectivity index (χ3n) is 4.30. The highest BCUT2D eigenvalue weighted by molar-refractivity contribution is 5.82. The van der Waals surface area contributed by atoms with Crippen LogP contribution < -0.4 is 10.6 Å². The van der Waals surface area contributed by atoms with Gasteiger partial charge < -0.3 is 10.6 Å². The van der Waals surface area contributed by atoms with E-state index in [1.165, 1.54) is 6.07 Å². The Morgan fingerprint density at radius 1 is 1.45 bits per heavy atom. The fraction of sp³-hybridized carbons (Fsp3) is 0.562. The minimum Gasteiger partial charge on any atom is -0.351 e. The first-order chi connectivity index (χ1) is 9.51. The Kier molecular flexibility index (Phi) is 4.76. The molecule has 1 saturated heterocycles. The zero-order valence-corrected chi connectivity index (χ0v) is 12.2. The van der Waals surface area contributed by atoms with Crippen molar-refractivity contribution < 1.29 is 9.18 Å².